The van der Waals surface area contributed by atoms with Crippen LogP contribution in [0.1, 0.15) is 5.56 Å². The van der Waals surface area contributed by atoms with Gasteiger partial charge in [-0.25, -0.2) is 0 Å². The van der Waals surface area contributed by atoms with Crippen molar-refractivity contribution in [1.82, 2.24) is 0 Å². The third-order valence-electron chi connectivity index (χ3n) is 1.40. The molecule has 0 bridgehead atoms. The molecule has 0 radical (unpaired) electrons. The molecule has 1 aromatic rings. The SMILES string of the molecule is O/C=C/Cc1ccc(O)cc1. The number of aromatic hydroxyl groups is 1. The molecule has 2 N–H and O–H groups in total. The Labute approximate surface area is 65.4 Å². The number of aliphatic hydroxyl groups is 1. The van der Waals surface area contributed by atoms with Crippen molar-refractivity contribution >= 4 is 0 Å². The summed E-state index contributed by atoms with van der Waals surface area (Å²) in [5, 5.41) is 17.3. The second kappa shape index (κ2) is 3.66. The number of hydrogen-bond donors (Lipinski definition) is 2. The highest BCUT2D eigenvalue weighted by atomic mass is 16.3. The first-order valence-corrected chi connectivity index (χ1v) is 3.40. The number of benzene rings is 1. The molecule has 1 aromatic carbocycles. The average molecular weight is 150 g/mol. The fraction of sp³-hybridized carbons (Fsp3) is 0.111. The molecule has 0 aliphatic heterocycles. The highest BCUT2D eigenvalue weighted by Gasteiger charge is 1.88. The zero-order valence-corrected chi connectivity index (χ0v) is 6.07. The molecule has 0 heterocycles. The molecular formula is C9H10O2. The lowest BCUT2D eigenvalue weighted by atomic mass is 10.1. The molecule has 0 saturated heterocycles. The Balaban J connectivity index is 2.66. The predicted octanol–water partition coefficient (Wildman–Crippen LogP) is 2.01. The maximum atomic E-state index is 8.91. The second-order valence-corrected chi connectivity index (χ2v) is 2.26. The summed E-state index contributed by atoms with van der Waals surface area (Å²) in [6.07, 6.45) is 3.36. The van der Waals surface area contributed by atoms with Crippen molar-refractivity contribution in [2.75, 3.05) is 0 Å². The predicted molar refractivity (Wildman–Crippen MR) is 43.6 cm³/mol. The van der Waals surface area contributed by atoms with Gasteiger partial charge >= 0.3 is 0 Å². The Morgan fingerprint density at radius 2 is 1.82 bits per heavy atom. The number of allylic oxidation sites excluding steroid dienone is 1. The minimum Gasteiger partial charge on any atom is -0.516 e. The zero-order valence-electron chi connectivity index (χ0n) is 6.07. The van der Waals surface area contributed by atoms with Crippen LogP contribution < -0.4 is 0 Å². The van der Waals surface area contributed by atoms with E-state index in [9.17, 15) is 0 Å². The topological polar surface area (TPSA) is 40.5 Å². The van der Waals surface area contributed by atoms with E-state index in [1.807, 2.05) is 12.1 Å². The van der Waals surface area contributed by atoms with E-state index in [0.29, 0.717) is 6.42 Å². The van der Waals surface area contributed by atoms with E-state index in [0.717, 1.165) is 11.8 Å². The van der Waals surface area contributed by atoms with Gasteiger partial charge in [-0.05, 0) is 30.2 Å². The van der Waals surface area contributed by atoms with Crippen molar-refractivity contribution in [3.8, 4) is 5.75 Å². The molecule has 1 rings (SSSR count). The summed E-state index contributed by atoms with van der Waals surface area (Å²) in [5.74, 6) is 0.265. The molecule has 0 fully saturated rings. The Morgan fingerprint density at radius 3 is 2.36 bits per heavy atom. The summed E-state index contributed by atoms with van der Waals surface area (Å²) in [6, 6.07) is 6.88. The molecule has 2 nitrogen and oxygen atoms in total. The number of aliphatic hydroxyl groups excluding tert-OH is 1. The van der Waals surface area contributed by atoms with Crippen LogP contribution in [0.2, 0.25) is 0 Å². The van der Waals surface area contributed by atoms with Gasteiger partial charge in [-0.3, -0.25) is 0 Å². The molecule has 0 saturated carbocycles. The van der Waals surface area contributed by atoms with Gasteiger partial charge in [0.15, 0.2) is 0 Å². The number of phenolic OH excluding ortho intramolecular Hbond substituents is 1. The molecule has 0 aromatic heterocycles. The van der Waals surface area contributed by atoms with Gasteiger partial charge in [-0.2, -0.15) is 0 Å². The van der Waals surface area contributed by atoms with Crippen LogP contribution in [-0.4, -0.2) is 10.2 Å². The maximum Gasteiger partial charge on any atom is 0.115 e. The van der Waals surface area contributed by atoms with E-state index in [1.165, 1.54) is 0 Å². The highest BCUT2D eigenvalue weighted by molar-refractivity contribution is 5.26. The van der Waals surface area contributed by atoms with Gasteiger partial charge < -0.3 is 10.2 Å². The van der Waals surface area contributed by atoms with Gasteiger partial charge in [0.25, 0.3) is 0 Å². The lowest BCUT2D eigenvalue weighted by molar-refractivity contribution is 0.471. The van der Waals surface area contributed by atoms with Gasteiger partial charge in [0.05, 0.1) is 6.26 Å². The van der Waals surface area contributed by atoms with Crippen molar-refractivity contribution < 1.29 is 10.2 Å². The Bertz CT molecular complexity index is 236. The fourth-order valence-corrected chi connectivity index (χ4v) is 0.821. The smallest absolute Gasteiger partial charge is 0.115 e. The first-order chi connectivity index (χ1) is 5.33. The molecular weight excluding hydrogens is 140 g/mol. The monoisotopic (exact) mass is 150 g/mol. The van der Waals surface area contributed by atoms with Gasteiger partial charge in [0, 0.05) is 0 Å². The van der Waals surface area contributed by atoms with E-state index in [1.54, 1.807) is 18.2 Å². The van der Waals surface area contributed by atoms with Gasteiger partial charge in [0.2, 0.25) is 0 Å². The van der Waals surface area contributed by atoms with E-state index >= 15 is 0 Å². The van der Waals surface area contributed by atoms with Crippen molar-refractivity contribution in [2.45, 2.75) is 6.42 Å². The van der Waals surface area contributed by atoms with E-state index in [-0.39, 0.29) is 5.75 Å². The van der Waals surface area contributed by atoms with Gasteiger partial charge in [0.1, 0.15) is 5.75 Å². The van der Waals surface area contributed by atoms with Crippen LogP contribution in [0, 0.1) is 0 Å². The molecule has 0 spiro atoms. The quantitative estimate of drug-likeness (QED) is 0.633. The minimum absolute atomic E-state index is 0.265. The Kier molecular flexibility index (Phi) is 2.55. The molecule has 0 aliphatic carbocycles. The summed E-state index contributed by atoms with van der Waals surface area (Å²) in [4.78, 5) is 0. The largest absolute Gasteiger partial charge is 0.516 e. The van der Waals surface area contributed by atoms with Crippen molar-refractivity contribution in [3.63, 3.8) is 0 Å². The standard InChI is InChI=1S/C9H10O2/c10-7-1-2-8-3-5-9(11)6-4-8/h1,3-7,10-11H,2H2/b7-1+. The van der Waals surface area contributed by atoms with E-state index in [2.05, 4.69) is 0 Å². The first-order valence-electron chi connectivity index (χ1n) is 3.40. The van der Waals surface area contributed by atoms with Crippen molar-refractivity contribution in [2.24, 2.45) is 0 Å². The summed E-state index contributed by atoms with van der Waals surface area (Å²) >= 11 is 0. The Morgan fingerprint density at radius 1 is 1.18 bits per heavy atom. The zero-order chi connectivity index (χ0) is 8.10. The molecule has 0 aliphatic rings. The van der Waals surface area contributed by atoms with Crippen LogP contribution in [0.5, 0.6) is 5.75 Å². The number of rotatable bonds is 2. The van der Waals surface area contributed by atoms with Crippen LogP contribution in [0.25, 0.3) is 0 Å². The lowest BCUT2D eigenvalue weighted by Crippen LogP contribution is -1.78. The molecule has 0 atom stereocenters. The summed E-state index contributed by atoms with van der Waals surface area (Å²) < 4.78 is 0. The van der Waals surface area contributed by atoms with Gasteiger partial charge in [-0.15, -0.1) is 0 Å². The lowest BCUT2D eigenvalue weighted by Gasteiger charge is -1.94. The molecule has 0 amide bonds. The summed E-state index contributed by atoms with van der Waals surface area (Å²) in [6.45, 7) is 0. The highest BCUT2D eigenvalue weighted by Crippen LogP contribution is 2.09. The summed E-state index contributed by atoms with van der Waals surface area (Å²) in [7, 11) is 0. The van der Waals surface area contributed by atoms with E-state index < -0.39 is 0 Å². The third kappa shape index (κ3) is 2.34. The molecule has 11 heavy (non-hydrogen) atoms. The summed E-state index contributed by atoms with van der Waals surface area (Å²) in [5.41, 5.74) is 1.06. The average Bonchev–Trinajstić information content (AvgIpc) is 2.04. The number of hydrogen-bond acceptors (Lipinski definition) is 2. The molecule has 58 valence electrons. The maximum absolute atomic E-state index is 8.91. The molecule has 2 heteroatoms. The minimum atomic E-state index is 0.265. The van der Waals surface area contributed by atoms with Crippen molar-refractivity contribution in [3.05, 3.63) is 42.2 Å². The fourth-order valence-electron chi connectivity index (χ4n) is 0.821. The van der Waals surface area contributed by atoms with Crippen LogP contribution in [0.4, 0.5) is 0 Å². The van der Waals surface area contributed by atoms with Crippen LogP contribution in [0.3, 0.4) is 0 Å². The van der Waals surface area contributed by atoms with Crippen LogP contribution in [0.15, 0.2) is 36.6 Å². The normalized spacial score (nSPS) is 10.5. The first kappa shape index (κ1) is 7.66. The molecule has 0 unspecified atom stereocenters. The number of phenols is 1. The third-order valence-corrected chi connectivity index (χ3v) is 1.40. The van der Waals surface area contributed by atoms with Crippen LogP contribution >= 0.6 is 0 Å². The van der Waals surface area contributed by atoms with Crippen LogP contribution in [-0.2, 0) is 6.42 Å². The van der Waals surface area contributed by atoms with Gasteiger partial charge in [-0.1, -0.05) is 12.1 Å². The Hall–Kier alpha value is -1.44. The van der Waals surface area contributed by atoms with E-state index in [4.69, 9.17) is 10.2 Å². The van der Waals surface area contributed by atoms with Crippen molar-refractivity contribution in [1.29, 1.82) is 0 Å². The second-order valence-electron chi connectivity index (χ2n) is 2.26.